The number of piperidine rings is 1. The summed E-state index contributed by atoms with van der Waals surface area (Å²) in [6.07, 6.45) is 2.47. The van der Waals surface area contributed by atoms with Gasteiger partial charge in [-0.2, -0.15) is 0 Å². The number of benzene rings is 1. The number of anilines is 1. The van der Waals surface area contributed by atoms with Crippen LogP contribution in [-0.4, -0.2) is 30.3 Å². The van der Waals surface area contributed by atoms with Crippen LogP contribution in [0.5, 0.6) is 0 Å². The van der Waals surface area contributed by atoms with Crippen LogP contribution in [0.1, 0.15) is 31.7 Å². The van der Waals surface area contributed by atoms with Gasteiger partial charge in [-0.15, -0.1) is 0 Å². The molecule has 2 N–H and O–H groups in total. The van der Waals surface area contributed by atoms with Crippen molar-refractivity contribution in [2.45, 2.75) is 44.9 Å². The van der Waals surface area contributed by atoms with Gasteiger partial charge in [-0.1, -0.05) is 6.92 Å². The van der Waals surface area contributed by atoms with Gasteiger partial charge in [0.05, 0.1) is 6.10 Å². The van der Waals surface area contributed by atoms with Gasteiger partial charge < -0.3 is 15.3 Å². The molecule has 1 aromatic rings. The molecule has 5 heteroatoms. The molecule has 1 aliphatic heterocycles. The smallest absolute Gasteiger partial charge is 0.149 e. The molecule has 2 aliphatic rings. The normalized spacial score (nSPS) is 26.2. The first-order valence-electron chi connectivity index (χ1n) is 7.69. The first kappa shape index (κ1) is 14.7. The van der Waals surface area contributed by atoms with Crippen molar-refractivity contribution in [3.63, 3.8) is 0 Å². The van der Waals surface area contributed by atoms with Crippen molar-refractivity contribution < 1.29 is 13.9 Å². The van der Waals surface area contributed by atoms with Crippen LogP contribution in [0.3, 0.4) is 0 Å². The van der Waals surface area contributed by atoms with Crippen molar-refractivity contribution in [1.29, 1.82) is 0 Å². The number of aliphatic hydroxyl groups excluding tert-OH is 1. The highest BCUT2D eigenvalue weighted by Crippen LogP contribution is 2.29. The molecular formula is C16H22F2N2O. The first-order valence-corrected chi connectivity index (χ1v) is 7.69. The van der Waals surface area contributed by atoms with Crippen LogP contribution in [-0.2, 0) is 6.54 Å². The summed E-state index contributed by atoms with van der Waals surface area (Å²) < 4.78 is 28.6. The number of nitrogens with zero attached hydrogens (tertiary/aromatic N) is 1. The third kappa shape index (κ3) is 3.35. The summed E-state index contributed by atoms with van der Waals surface area (Å²) in [5.41, 5.74) is 0.690. The number of halogens is 2. The van der Waals surface area contributed by atoms with Gasteiger partial charge in [0.25, 0.3) is 0 Å². The fourth-order valence-corrected chi connectivity index (χ4v) is 2.91. The minimum Gasteiger partial charge on any atom is -0.393 e. The molecule has 2 atom stereocenters. The number of rotatable bonds is 4. The lowest BCUT2D eigenvalue weighted by molar-refractivity contribution is 0.0966. The number of aliphatic hydroxyl groups is 1. The summed E-state index contributed by atoms with van der Waals surface area (Å²) in [5.74, 6) is -0.994. The van der Waals surface area contributed by atoms with E-state index in [4.69, 9.17) is 0 Å². The van der Waals surface area contributed by atoms with Gasteiger partial charge in [-0.3, -0.25) is 0 Å². The Morgan fingerprint density at radius 1 is 1.24 bits per heavy atom. The van der Waals surface area contributed by atoms with Crippen LogP contribution in [0.25, 0.3) is 0 Å². The zero-order chi connectivity index (χ0) is 15.0. The summed E-state index contributed by atoms with van der Waals surface area (Å²) >= 11 is 0. The first-order chi connectivity index (χ1) is 10.0. The lowest BCUT2D eigenvalue weighted by atomic mass is 9.96. The second-order valence-electron chi connectivity index (χ2n) is 6.34. The van der Waals surface area contributed by atoms with Crippen LogP contribution in [0.2, 0.25) is 0 Å². The standard InChI is InChI=1S/C16H22F2N2O/c1-10-9-20(5-4-15(10)21)16-13(17)6-11(7-14(16)18)8-19-12-2-3-12/h6-7,10,12,15,19,21H,2-5,8-9H2,1H3. The topological polar surface area (TPSA) is 35.5 Å². The maximum atomic E-state index is 14.3. The van der Waals surface area contributed by atoms with E-state index in [1.165, 1.54) is 12.1 Å². The molecule has 1 aliphatic carbocycles. The third-order valence-electron chi connectivity index (χ3n) is 4.43. The van der Waals surface area contributed by atoms with E-state index in [1.807, 2.05) is 6.92 Å². The Labute approximate surface area is 124 Å². The second kappa shape index (κ2) is 5.89. The number of nitrogens with one attached hydrogen (secondary N) is 1. The van der Waals surface area contributed by atoms with Crippen molar-refractivity contribution in [2.75, 3.05) is 18.0 Å². The van der Waals surface area contributed by atoms with Crippen molar-refractivity contribution in [1.82, 2.24) is 5.32 Å². The van der Waals surface area contributed by atoms with Gasteiger partial charge in [0, 0.05) is 25.7 Å². The van der Waals surface area contributed by atoms with Crippen LogP contribution < -0.4 is 10.2 Å². The molecule has 0 amide bonds. The van der Waals surface area contributed by atoms with Crippen molar-refractivity contribution in [3.05, 3.63) is 29.3 Å². The molecule has 0 radical (unpaired) electrons. The van der Waals surface area contributed by atoms with E-state index in [-0.39, 0.29) is 17.7 Å². The summed E-state index contributed by atoms with van der Waals surface area (Å²) in [5, 5.41) is 13.0. The summed E-state index contributed by atoms with van der Waals surface area (Å²) in [6, 6.07) is 3.35. The third-order valence-corrected chi connectivity index (χ3v) is 4.43. The van der Waals surface area contributed by atoms with Crippen LogP contribution in [0.4, 0.5) is 14.5 Å². The van der Waals surface area contributed by atoms with E-state index in [0.29, 0.717) is 37.7 Å². The molecule has 0 bridgehead atoms. The highest BCUT2D eigenvalue weighted by molar-refractivity contribution is 5.51. The minimum atomic E-state index is -0.508. The van der Waals surface area contributed by atoms with Crippen LogP contribution >= 0.6 is 0 Å². The maximum absolute atomic E-state index is 14.3. The number of hydrogen-bond acceptors (Lipinski definition) is 3. The van der Waals surface area contributed by atoms with Gasteiger partial charge in [-0.25, -0.2) is 8.78 Å². The molecule has 3 nitrogen and oxygen atoms in total. The van der Waals surface area contributed by atoms with Crippen molar-refractivity contribution in [3.8, 4) is 0 Å². The largest absolute Gasteiger partial charge is 0.393 e. The second-order valence-corrected chi connectivity index (χ2v) is 6.34. The van der Waals surface area contributed by atoms with Gasteiger partial charge >= 0.3 is 0 Å². The Morgan fingerprint density at radius 3 is 2.48 bits per heavy atom. The highest BCUT2D eigenvalue weighted by atomic mass is 19.1. The monoisotopic (exact) mass is 296 g/mol. The van der Waals surface area contributed by atoms with E-state index in [1.54, 1.807) is 4.90 Å². The van der Waals surface area contributed by atoms with Gasteiger partial charge in [0.1, 0.15) is 17.3 Å². The molecule has 2 fully saturated rings. The summed E-state index contributed by atoms with van der Waals surface area (Å²) in [7, 11) is 0. The Balaban J connectivity index is 1.75. The lowest BCUT2D eigenvalue weighted by Crippen LogP contribution is -2.42. The molecule has 1 saturated carbocycles. The molecule has 0 aromatic heterocycles. The Morgan fingerprint density at radius 2 is 1.90 bits per heavy atom. The molecule has 1 aromatic carbocycles. The number of hydrogen-bond donors (Lipinski definition) is 2. The zero-order valence-corrected chi connectivity index (χ0v) is 12.3. The molecule has 2 unspecified atom stereocenters. The van der Waals surface area contributed by atoms with Gasteiger partial charge in [-0.05, 0) is 42.9 Å². The Kier molecular flexibility index (Phi) is 4.13. The SMILES string of the molecule is CC1CN(c2c(F)cc(CNC3CC3)cc2F)CCC1O. The minimum absolute atomic E-state index is 0.0220. The van der Waals surface area contributed by atoms with Gasteiger partial charge in [0.15, 0.2) is 0 Å². The van der Waals surface area contributed by atoms with Gasteiger partial charge in [0.2, 0.25) is 0 Å². The molecule has 1 heterocycles. The quantitative estimate of drug-likeness (QED) is 0.896. The van der Waals surface area contributed by atoms with E-state index in [2.05, 4.69) is 5.32 Å². The Bertz CT molecular complexity index is 496. The molecule has 1 saturated heterocycles. The average Bonchev–Trinajstić information content (AvgIpc) is 3.24. The predicted octanol–water partition coefficient (Wildman–Crippen LogP) is 2.42. The molecular weight excluding hydrogens is 274 g/mol. The molecule has 116 valence electrons. The molecule has 0 spiro atoms. The average molecular weight is 296 g/mol. The Hall–Kier alpha value is -1.20. The maximum Gasteiger partial charge on any atom is 0.149 e. The fourth-order valence-electron chi connectivity index (χ4n) is 2.91. The fraction of sp³-hybridized carbons (Fsp3) is 0.625. The predicted molar refractivity (Wildman–Crippen MR) is 78.2 cm³/mol. The molecule has 21 heavy (non-hydrogen) atoms. The molecule has 3 rings (SSSR count). The van der Waals surface area contributed by atoms with E-state index < -0.39 is 11.6 Å². The van der Waals surface area contributed by atoms with Crippen LogP contribution in [0, 0.1) is 17.6 Å². The summed E-state index contributed by atoms with van der Waals surface area (Å²) in [4.78, 5) is 1.71. The van der Waals surface area contributed by atoms with Crippen LogP contribution in [0.15, 0.2) is 12.1 Å². The summed E-state index contributed by atoms with van der Waals surface area (Å²) in [6.45, 7) is 3.38. The van der Waals surface area contributed by atoms with Crippen molar-refractivity contribution >= 4 is 5.69 Å². The highest BCUT2D eigenvalue weighted by Gasteiger charge is 2.28. The zero-order valence-electron chi connectivity index (χ0n) is 12.3. The van der Waals surface area contributed by atoms with E-state index in [9.17, 15) is 13.9 Å². The van der Waals surface area contributed by atoms with Crippen molar-refractivity contribution in [2.24, 2.45) is 5.92 Å². The lowest BCUT2D eigenvalue weighted by Gasteiger charge is -2.36. The van der Waals surface area contributed by atoms with E-state index >= 15 is 0 Å². The van der Waals surface area contributed by atoms with E-state index in [0.717, 1.165) is 12.8 Å².